The Morgan fingerprint density at radius 1 is 1.41 bits per heavy atom. The minimum atomic E-state index is 0.476. The molecule has 1 aliphatic heterocycles. The highest BCUT2D eigenvalue weighted by Gasteiger charge is 2.20. The van der Waals surface area contributed by atoms with Gasteiger partial charge >= 0.3 is 0 Å². The number of nitrogens with zero attached hydrogens (tertiary/aromatic N) is 1. The first-order valence-electron chi connectivity index (χ1n) is 6.30. The number of likely N-dealkylation sites (tertiary alicyclic amines) is 1. The lowest BCUT2D eigenvalue weighted by molar-refractivity contribution is 0.315. The molecule has 92 valence electrons. The van der Waals surface area contributed by atoms with Crippen LogP contribution in [0.3, 0.4) is 0 Å². The van der Waals surface area contributed by atoms with E-state index in [1.165, 1.54) is 31.5 Å². The first kappa shape index (κ1) is 12.5. The van der Waals surface area contributed by atoms with E-state index in [0.717, 1.165) is 18.0 Å². The van der Waals surface area contributed by atoms with Crippen molar-refractivity contribution in [3.05, 3.63) is 35.4 Å². The van der Waals surface area contributed by atoms with Crippen molar-refractivity contribution >= 4 is 17.2 Å². The van der Waals surface area contributed by atoms with E-state index in [2.05, 4.69) is 24.0 Å². The summed E-state index contributed by atoms with van der Waals surface area (Å²) < 4.78 is 0. The summed E-state index contributed by atoms with van der Waals surface area (Å²) in [6.07, 6.45) is 2.65. The Hall–Kier alpha value is -0.930. The molecule has 0 aliphatic carbocycles. The van der Waals surface area contributed by atoms with Crippen molar-refractivity contribution in [2.45, 2.75) is 26.3 Å². The van der Waals surface area contributed by atoms with Crippen LogP contribution in [0.4, 0.5) is 0 Å². The third-order valence-electron chi connectivity index (χ3n) is 3.59. The number of benzene rings is 1. The average Bonchev–Trinajstić information content (AvgIpc) is 2.77. The SMILES string of the molecule is CCC1CCN(Cc2ccc(C(N)=S)cc2)C1. The van der Waals surface area contributed by atoms with Crippen LogP contribution in [0.1, 0.15) is 30.9 Å². The van der Waals surface area contributed by atoms with E-state index in [0.29, 0.717) is 4.99 Å². The highest BCUT2D eigenvalue weighted by molar-refractivity contribution is 7.80. The van der Waals surface area contributed by atoms with Crippen molar-refractivity contribution in [3.63, 3.8) is 0 Å². The molecule has 1 fully saturated rings. The van der Waals surface area contributed by atoms with Crippen LogP contribution in [0.25, 0.3) is 0 Å². The normalized spacial score (nSPS) is 20.6. The lowest BCUT2D eigenvalue weighted by Crippen LogP contribution is -2.20. The summed E-state index contributed by atoms with van der Waals surface area (Å²) in [6.45, 7) is 5.81. The van der Waals surface area contributed by atoms with Crippen LogP contribution in [0.15, 0.2) is 24.3 Å². The highest BCUT2D eigenvalue weighted by Crippen LogP contribution is 2.21. The van der Waals surface area contributed by atoms with Gasteiger partial charge in [-0.2, -0.15) is 0 Å². The molecule has 1 aliphatic rings. The number of hydrogen-bond acceptors (Lipinski definition) is 2. The minimum Gasteiger partial charge on any atom is -0.389 e. The molecular weight excluding hydrogens is 228 g/mol. The molecule has 0 saturated carbocycles. The van der Waals surface area contributed by atoms with Gasteiger partial charge in [-0.3, -0.25) is 4.90 Å². The van der Waals surface area contributed by atoms with Crippen molar-refractivity contribution in [3.8, 4) is 0 Å². The lowest BCUT2D eigenvalue weighted by atomic mass is 10.1. The maximum atomic E-state index is 5.58. The number of nitrogens with two attached hydrogens (primary N) is 1. The van der Waals surface area contributed by atoms with Gasteiger partial charge in [0.25, 0.3) is 0 Å². The van der Waals surface area contributed by atoms with Gasteiger partial charge in [0.2, 0.25) is 0 Å². The summed E-state index contributed by atoms with van der Waals surface area (Å²) in [5, 5.41) is 0. The molecule has 2 N–H and O–H groups in total. The second-order valence-corrected chi connectivity index (χ2v) is 5.30. The highest BCUT2D eigenvalue weighted by atomic mass is 32.1. The molecule has 0 radical (unpaired) electrons. The molecule has 0 bridgehead atoms. The Kier molecular flexibility index (Phi) is 4.13. The quantitative estimate of drug-likeness (QED) is 0.830. The Bertz CT molecular complexity index is 386. The van der Waals surface area contributed by atoms with Crippen LogP contribution in [-0.2, 0) is 6.54 Å². The maximum Gasteiger partial charge on any atom is 0.103 e. The summed E-state index contributed by atoms with van der Waals surface area (Å²) in [6, 6.07) is 8.30. The molecule has 0 aromatic heterocycles. The molecule has 1 saturated heterocycles. The molecule has 1 unspecified atom stereocenters. The van der Waals surface area contributed by atoms with E-state index in [1.54, 1.807) is 0 Å². The van der Waals surface area contributed by atoms with Gasteiger partial charge in [-0.15, -0.1) is 0 Å². The third-order valence-corrected chi connectivity index (χ3v) is 3.83. The number of thiocarbonyl (C=S) groups is 1. The summed E-state index contributed by atoms with van der Waals surface area (Å²) >= 11 is 4.95. The van der Waals surface area contributed by atoms with Crippen LogP contribution >= 0.6 is 12.2 Å². The molecular formula is C14H20N2S. The fraction of sp³-hybridized carbons (Fsp3) is 0.500. The second kappa shape index (κ2) is 5.61. The van der Waals surface area contributed by atoms with Gasteiger partial charge in [0.1, 0.15) is 4.99 Å². The Morgan fingerprint density at radius 3 is 2.65 bits per heavy atom. The summed E-state index contributed by atoms with van der Waals surface area (Å²) in [4.78, 5) is 3.01. The van der Waals surface area contributed by atoms with Gasteiger partial charge in [0.15, 0.2) is 0 Å². The minimum absolute atomic E-state index is 0.476. The monoisotopic (exact) mass is 248 g/mol. The van der Waals surface area contributed by atoms with Crippen molar-refractivity contribution in [1.82, 2.24) is 4.90 Å². The van der Waals surface area contributed by atoms with Crippen molar-refractivity contribution in [1.29, 1.82) is 0 Å². The topological polar surface area (TPSA) is 29.3 Å². The molecule has 0 spiro atoms. The van der Waals surface area contributed by atoms with Crippen LogP contribution in [-0.4, -0.2) is 23.0 Å². The summed E-state index contributed by atoms with van der Waals surface area (Å²) in [7, 11) is 0. The summed E-state index contributed by atoms with van der Waals surface area (Å²) in [5.74, 6) is 0.894. The Balaban J connectivity index is 1.93. The van der Waals surface area contributed by atoms with Gasteiger partial charge < -0.3 is 5.73 Å². The van der Waals surface area contributed by atoms with Crippen LogP contribution < -0.4 is 5.73 Å². The standard InChI is InChI=1S/C14H20N2S/c1-2-11-7-8-16(9-11)10-12-3-5-13(6-4-12)14(15)17/h3-6,11H,2,7-10H2,1H3,(H2,15,17). The molecule has 0 amide bonds. The molecule has 1 atom stereocenters. The van der Waals surface area contributed by atoms with E-state index >= 15 is 0 Å². The summed E-state index contributed by atoms with van der Waals surface area (Å²) in [5.41, 5.74) is 7.89. The average molecular weight is 248 g/mol. The predicted molar refractivity (Wildman–Crippen MR) is 76.0 cm³/mol. The Labute approximate surface area is 109 Å². The van der Waals surface area contributed by atoms with Gasteiger partial charge in [0.05, 0.1) is 0 Å². The van der Waals surface area contributed by atoms with Gasteiger partial charge in [-0.1, -0.05) is 49.8 Å². The zero-order chi connectivity index (χ0) is 12.3. The molecule has 2 nitrogen and oxygen atoms in total. The maximum absolute atomic E-state index is 5.58. The van der Waals surface area contributed by atoms with E-state index < -0.39 is 0 Å². The van der Waals surface area contributed by atoms with E-state index in [-0.39, 0.29) is 0 Å². The second-order valence-electron chi connectivity index (χ2n) is 4.86. The zero-order valence-corrected chi connectivity index (χ0v) is 11.2. The molecule has 1 aromatic carbocycles. The van der Waals surface area contributed by atoms with Crippen molar-refractivity contribution in [2.24, 2.45) is 11.7 Å². The van der Waals surface area contributed by atoms with Crippen LogP contribution in [0.2, 0.25) is 0 Å². The largest absolute Gasteiger partial charge is 0.389 e. The molecule has 2 rings (SSSR count). The fourth-order valence-electron chi connectivity index (χ4n) is 2.42. The first-order chi connectivity index (χ1) is 8.19. The first-order valence-corrected chi connectivity index (χ1v) is 6.71. The number of hydrogen-bond donors (Lipinski definition) is 1. The van der Waals surface area contributed by atoms with Gasteiger partial charge in [0, 0.05) is 18.7 Å². The molecule has 3 heteroatoms. The zero-order valence-electron chi connectivity index (χ0n) is 10.4. The smallest absolute Gasteiger partial charge is 0.103 e. The van der Waals surface area contributed by atoms with Crippen LogP contribution in [0, 0.1) is 5.92 Å². The van der Waals surface area contributed by atoms with Crippen LogP contribution in [0.5, 0.6) is 0 Å². The van der Waals surface area contributed by atoms with Gasteiger partial charge in [-0.25, -0.2) is 0 Å². The van der Waals surface area contributed by atoms with E-state index in [1.807, 2.05) is 12.1 Å². The Morgan fingerprint density at radius 2 is 2.12 bits per heavy atom. The van der Waals surface area contributed by atoms with E-state index in [4.69, 9.17) is 18.0 Å². The van der Waals surface area contributed by atoms with Gasteiger partial charge in [-0.05, 0) is 24.4 Å². The van der Waals surface area contributed by atoms with Crippen molar-refractivity contribution < 1.29 is 0 Å². The predicted octanol–water partition coefficient (Wildman–Crippen LogP) is 2.55. The fourth-order valence-corrected chi connectivity index (χ4v) is 2.56. The van der Waals surface area contributed by atoms with Crippen molar-refractivity contribution in [2.75, 3.05) is 13.1 Å². The molecule has 17 heavy (non-hydrogen) atoms. The lowest BCUT2D eigenvalue weighted by Gasteiger charge is -2.15. The number of rotatable bonds is 4. The van der Waals surface area contributed by atoms with E-state index in [9.17, 15) is 0 Å². The molecule has 1 aromatic rings. The third kappa shape index (κ3) is 3.27. The molecule has 1 heterocycles.